The predicted molar refractivity (Wildman–Crippen MR) is 166 cm³/mol. The minimum atomic E-state index is -4.04. The molecule has 12 heteroatoms. The van der Waals surface area contributed by atoms with E-state index >= 15 is 0 Å². The zero-order valence-electron chi connectivity index (χ0n) is 23.8. The van der Waals surface area contributed by atoms with Gasteiger partial charge in [0.1, 0.15) is 17.4 Å². The number of aromatic nitrogens is 3. The van der Waals surface area contributed by atoms with Gasteiger partial charge in [0.2, 0.25) is 21.9 Å². The Kier molecular flexibility index (Phi) is 8.36. The molecule has 226 valence electrons. The summed E-state index contributed by atoms with van der Waals surface area (Å²) in [5, 5.41) is 7.99. The van der Waals surface area contributed by atoms with Crippen molar-refractivity contribution in [2.45, 2.75) is 31.6 Å². The third kappa shape index (κ3) is 6.61. The van der Waals surface area contributed by atoms with Gasteiger partial charge < -0.3 is 15.4 Å². The van der Waals surface area contributed by atoms with Crippen LogP contribution in [0.5, 0.6) is 11.6 Å². The van der Waals surface area contributed by atoms with Crippen molar-refractivity contribution in [3.05, 3.63) is 102 Å². The first-order valence-corrected chi connectivity index (χ1v) is 15.8. The van der Waals surface area contributed by atoms with Gasteiger partial charge in [-0.1, -0.05) is 30.3 Å². The molecule has 0 aliphatic carbocycles. The van der Waals surface area contributed by atoms with Crippen LogP contribution >= 0.6 is 0 Å². The van der Waals surface area contributed by atoms with Crippen LogP contribution in [-0.4, -0.2) is 42.5 Å². The van der Waals surface area contributed by atoms with Crippen LogP contribution in [0.3, 0.4) is 0 Å². The third-order valence-corrected chi connectivity index (χ3v) is 8.59. The number of fused-ring (bicyclic) bond motifs is 1. The lowest BCUT2D eigenvalue weighted by Gasteiger charge is -2.23. The second-order valence-electron chi connectivity index (χ2n) is 10.6. The number of pyridine rings is 1. The first kappa shape index (κ1) is 29.4. The van der Waals surface area contributed by atoms with Gasteiger partial charge in [-0.05, 0) is 62.2 Å². The number of piperidine rings is 1. The lowest BCUT2D eigenvalue weighted by atomic mass is 10.0. The molecule has 1 atom stereocenters. The Morgan fingerprint density at radius 1 is 1.00 bits per heavy atom. The second-order valence-corrected chi connectivity index (χ2v) is 12.3. The van der Waals surface area contributed by atoms with Gasteiger partial charge in [-0.2, -0.15) is 0 Å². The van der Waals surface area contributed by atoms with E-state index in [1.165, 1.54) is 0 Å². The van der Waals surface area contributed by atoms with Crippen LogP contribution in [0.2, 0.25) is 0 Å². The van der Waals surface area contributed by atoms with Crippen molar-refractivity contribution < 1.29 is 21.9 Å². The van der Waals surface area contributed by atoms with E-state index < -0.39 is 27.4 Å². The molecule has 1 aliphatic heterocycles. The van der Waals surface area contributed by atoms with Crippen LogP contribution in [-0.2, 0) is 15.8 Å². The van der Waals surface area contributed by atoms with Crippen molar-refractivity contribution in [1.82, 2.24) is 20.3 Å². The maximum atomic E-state index is 14.2. The lowest BCUT2D eigenvalue weighted by Crippen LogP contribution is -2.38. The van der Waals surface area contributed by atoms with Crippen molar-refractivity contribution in [3.8, 4) is 22.9 Å². The molecule has 0 radical (unpaired) electrons. The van der Waals surface area contributed by atoms with Crippen LogP contribution in [0, 0.1) is 18.6 Å². The molecular weight excluding hydrogens is 586 g/mol. The van der Waals surface area contributed by atoms with Gasteiger partial charge in [-0.25, -0.2) is 32.2 Å². The zero-order valence-corrected chi connectivity index (χ0v) is 24.7. The van der Waals surface area contributed by atoms with E-state index in [4.69, 9.17) is 9.72 Å². The maximum absolute atomic E-state index is 14.2. The summed E-state index contributed by atoms with van der Waals surface area (Å²) in [6.45, 7) is 3.74. The summed E-state index contributed by atoms with van der Waals surface area (Å²) in [6, 6.07) is 17.3. The summed E-state index contributed by atoms with van der Waals surface area (Å²) in [7, 11) is -4.04. The molecule has 0 saturated carbocycles. The molecule has 6 rings (SSSR count). The number of benzene rings is 3. The maximum Gasteiger partial charge on any atom is 0.237 e. The molecule has 44 heavy (non-hydrogen) atoms. The van der Waals surface area contributed by atoms with E-state index in [0.29, 0.717) is 51.4 Å². The first-order valence-electron chi connectivity index (χ1n) is 14.2. The monoisotopic (exact) mass is 616 g/mol. The summed E-state index contributed by atoms with van der Waals surface area (Å²) < 4.78 is 62.5. The van der Waals surface area contributed by atoms with Gasteiger partial charge in [0.25, 0.3) is 0 Å². The molecule has 0 bridgehead atoms. The Balaban J connectivity index is 1.30. The summed E-state index contributed by atoms with van der Waals surface area (Å²) >= 11 is 0. The normalized spacial score (nSPS) is 15.2. The number of nitrogens with zero attached hydrogens (tertiary/aromatic N) is 3. The smallest absolute Gasteiger partial charge is 0.237 e. The van der Waals surface area contributed by atoms with Gasteiger partial charge in [0, 0.05) is 47.4 Å². The highest BCUT2D eigenvalue weighted by atomic mass is 32.2. The van der Waals surface area contributed by atoms with Gasteiger partial charge in [-0.15, -0.1) is 0 Å². The van der Waals surface area contributed by atoms with Crippen LogP contribution < -0.4 is 20.1 Å². The number of anilines is 2. The SMILES string of the molecule is Cc1ccc2c(NS(=O)(=O)Cc3ccc(F)cc3F)cccc2c1Oc1ncccc1-c1ccnc(N[C@H]2CCCNC2)n1. The van der Waals surface area contributed by atoms with Crippen molar-refractivity contribution in [1.29, 1.82) is 0 Å². The number of halogens is 2. The highest BCUT2D eigenvalue weighted by Crippen LogP contribution is 2.39. The minimum absolute atomic E-state index is 0.139. The molecular formula is C32H30F2N6O3S. The molecule has 2 aromatic heterocycles. The molecule has 3 heterocycles. The standard InChI is InChI=1S/C32H30F2N6O3S/c1-20-9-12-24-25(6-2-8-29(24)40-44(41,42)19-21-10-11-22(33)17-27(21)34)30(20)43-31-26(7-4-15-36-31)28-13-16-37-32(39-28)38-23-5-3-14-35-18-23/h2,4,6-13,15-17,23,35,40H,3,5,14,18-19H2,1H3,(H,37,38,39)/t23-/m0/s1. The van der Waals surface area contributed by atoms with Crippen molar-refractivity contribution >= 4 is 32.4 Å². The molecule has 0 amide bonds. The molecule has 5 aromatic rings. The third-order valence-electron chi connectivity index (χ3n) is 7.37. The van der Waals surface area contributed by atoms with E-state index in [0.717, 1.165) is 43.6 Å². The highest BCUT2D eigenvalue weighted by Gasteiger charge is 2.20. The number of hydrogen-bond donors (Lipinski definition) is 3. The van der Waals surface area contributed by atoms with E-state index in [9.17, 15) is 17.2 Å². The fourth-order valence-corrected chi connectivity index (χ4v) is 6.44. The molecule has 3 aromatic carbocycles. The van der Waals surface area contributed by atoms with Crippen molar-refractivity contribution in [2.75, 3.05) is 23.1 Å². The van der Waals surface area contributed by atoms with Gasteiger partial charge >= 0.3 is 0 Å². The number of aryl methyl sites for hydroxylation is 1. The number of rotatable bonds is 9. The number of sulfonamides is 1. The fourth-order valence-electron chi connectivity index (χ4n) is 5.21. The largest absolute Gasteiger partial charge is 0.437 e. The summed E-state index contributed by atoms with van der Waals surface area (Å²) in [5.74, 6) is -1.03. The predicted octanol–water partition coefficient (Wildman–Crippen LogP) is 6.18. The highest BCUT2D eigenvalue weighted by molar-refractivity contribution is 7.91. The number of ether oxygens (including phenoxy) is 1. The minimum Gasteiger partial charge on any atom is -0.437 e. The molecule has 1 fully saturated rings. The second kappa shape index (κ2) is 12.5. The van der Waals surface area contributed by atoms with Crippen LogP contribution in [0.25, 0.3) is 22.0 Å². The van der Waals surface area contributed by atoms with Crippen molar-refractivity contribution in [2.24, 2.45) is 0 Å². The Morgan fingerprint density at radius 3 is 2.70 bits per heavy atom. The molecule has 9 nitrogen and oxygen atoms in total. The zero-order chi connectivity index (χ0) is 30.7. The van der Waals surface area contributed by atoms with Crippen LogP contribution in [0.1, 0.15) is 24.0 Å². The van der Waals surface area contributed by atoms with Crippen molar-refractivity contribution in [3.63, 3.8) is 0 Å². The molecule has 0 spiro atoms. The Labute approximate surface area is 253 Å². The van der Waals surface area contributed by atoms with E-state index in [1.807, 2.05) is 25.1 Å². The topological polar surface area (TPSA) is 118 Å². The summed E-state index contributed by atoms with van der Waals surface area (Å²) in [5.41, 5.74) is 2.25. The van der Waals surface area contributed by atoms with Gasteiger partial charge in [0.15, 0.2) is 0 Å². The Bertz CT molecular complexity index is 1930. The van der Waals surface area contributed by atoms with E-state index in [-0.39, 0.29) is 11.6 Å². The Hall–Kier alpha value is -4.68. The molecule has 3 N–H and O–H groups in total. The fraction of sp³-hybridized carbons (Fsp3) is 0.219. The summed E-state index contributed by atoms with van der Waals surface area (Å²) in [6.07, 6.45) is 5.43. The average Bonchev–Trinajstić information content (AvgIpc) is 3.01. The lowest BCUT2D eigenvalue weighted by molar-refractivity contribution is 0.466. The van der Waals surface area contributed by atoms with Crippen LogP contribution in [0.4, 0.5) is 20.4 Å². The molecule has 1 aliphatic rings. The molecule has 1 saturated heterocycles. The first-order chi connectivity index (χ1) is 21.3. The van der Waals surface area contributed by atoms with Crippen LogP contribution in [0.15, 0.2) is 79.1 Å². The van der Waals surface area contributed by atoms with E-state index in [1.54, 1.807) is 42.7 Å². The van der Waals surface area contributed by atoms with Gasteiger partial charge in [0.05, 0.1) is 22.7 Å². The Morgan fingerprint density at radius 2 is 1.89 bits per heavy atom. The van der Waals surface area contributed by atoms with E-state index in [2.05, 4.69) is 25.3 Å². The number of hydrogen-bond acceptors (Lipinski definition) is 8. The molecule has 0 unspecified atom stereocenters. The summed E-state index contributed by atoms with van der Waals surface area (Å²) in [4.78, 5) is 13.6. The number of nitrogens with one attached hydrogen (secondary N) is 3. The average molecular weight is 617 g/mol. The quantitative estimate of drug-likeness (QED) is 0.180. The van der Waals surface area contributed by atoms with Gasteiger partial charge in [-0.3, -0.25) is 4.72 Å².